The van der Waals surface area contributed by atoms with Crippen LogP contribution in [0, 0.1) is 17.3 Å². The number of rotatable bonds is 2. The SMILES string of the molecule is CC1CCCC(CC(=O)N2CCC3(CCNC3)CC2)C1.Cl. The first kappa shape index (κ1) is 17.1. The fourth-order valence-electron chi connectivity index (χ4n) is 4.57. The number of amides is 1. The Morgan fingerprint density at radius 2 is 2.00 bits per heavy atom. The highest BCUT2D eigenvalue weighted by Gasteiger charge is 2.38. The zero-order chi connectivity index (χ0) is 14.0. The largest absolute Gasteiger partial charge is 0.343 e. The Hall–Kier alpha value is -0.280. The topological polar surface area (TPSA) is 32.3 Å². The number of likely N-dealkylation sites (tertiary alicyclic amines) is 1. The summed E-state index contributed by atoms with van der Waals surface area (Å²) < 4.78 is 0. The Balaban J connectivity index is 0.00000161. The summed E-state index contributed by atoms with van der Waals surface area (Å²) in [5.41, 5.74) is 0.524. The summed E-state index contributed by atoms with van der Waals surface area (Å²) in [5, 5.41) is 3.49. The Kier molecular flexibility index (Phi) is 5.96. The number of nitrogens with one attached hydrogen (secondary N) is 1. The molecule has 21 heavy (non-hydrogen) atoms. The van der Waals surface area contributed by atoms with E-state index in [0.29, 0.717) is 17.2 Å². The monoisotopic (exact) mass is 314 g/mol. The molecule has 1 saturated carbocycles. The number of nitrogens with zero attached hydrogens (tertiary/aromatic N) is 1. The molecule has 0 aromatic rings. The number of hydrogen-bond donors (Lipinski definition) is 1. The molecule has 0 aromatic carbocycles. The van der Waals surface area contributed by atoms with Gasteiger partial charge >= 0.3 is 0 Å². The summed E-state index contributed by atoms with van der Waals surface area (Å²) in [4.78, 5) is 14.6. The molecule has 0 bridgehead atoms. The molecule has 2 aliphatic heterocycles. The van der Waals surface area contributed by atoms with Gasteiger partial charge in [-0.15, -0.1) is 12.4 Å². The van der Waals surface area contributed by atoms with Gasteiger partial charge in [0.1, 0.15) is 0 Å². The molecule has 3 nitrogen and oxygen atoms in total. The van der Waals surface area contributed by atoms with Crippen molar-refractivity contribution in [2.45, 2.75) is 58.3 Å². The molecular formula is C17H31ClN2O. The third-order valence-electron chi connectivity index (χ3n) is 6.02. The van der Waals surface area contributed by atoms with Crippen molar-refractivity contribution >= 4 is 18.3 Å². The maximum absolute atomic E-state index is 12.5. The molecule has 122 valence electrons. The summed E-state index contributed by atoms with van der Waals surface area (Å²) in [6.07, 6.45) is 9.80. The summed E-state index contributed by atoms with van der Waals surface area (Å²) in [7, 11) is 0. The van der Waals surface area contributed by atoms with E-state index in [1.807, 2.05) is 0 Å². The summed E-state index contributed by atoms with van der Waals surface area (Å²) >= 11 is 0. The normalized spacial score (nSPS) is 32.0. The third kappa shape index (κ3) is 4.13. The fourth-order valence-corrected chi connectivity index (χ4v) is 4.57. The van der Waals surface area contributed by atoms with Gasteiger partial charge in [0.15, 0.2) is 0 Å². The lowest BCUT2D eigenvalue weighted by molar-refractivity contribution is -0.134. The van der Waals surface area contributed by atoms with Crippen molar-refractivity contribution in [3.8, 4) is 0 Å². The van der Waals surface area contributed by atoms with Gasteiger partial charge in [-0.25, -0.2) is 0 Å². The Morgan fingerprint density at radius 3 is 2.62 bits per heavy atom. The van der Waals surface area contributed by atoms with E-state index < -0.39 is 0 Å². The molecule has 2 unspecified atom stereocenters. The second-order valence-corrected chi connectivity index (χ2v) is 7.65. The minimum absolute atomic E-state index is 0. The molecule has 2 heterocycles. The molecule has 3 aliphatic rings. The van der Waals surface area contributed by atoms with Crippen LogP contribution in [0.5, 0.6) is 0 Å². The van der Waals surface area contributed by atoms with Gasteiger partial charge in [-0.3, -0.25) is 4.79 Å². The van der Waals surface area contributed by atoms with Crippen molar-refractivity contribution < 1.29 is 4.79 Å². The number of halogens is 1. The van der Waals surface area contributed by atoms with E-state index in [1.165, 1.54) is 58.0 Å². The molecule has 3 fully saturated rings. The number of piperidine rings is 1. The molecule has 1 spiro atoms. The van der Waals surface area contributed by atoms with Gasteiger partial charge in [-0.1, -0.05) is 19.8 Å². The fraction of sp³-hybridized carbons (Fsp3) is 0.941. The van der Waals surface area contributed by atoms with Gasteiger partial charge in [0.05, 0.1) is 0 Å². The van der Waals surface area contributed by atoms with E-state index in [1.54, 1.807) is 0 Å². The van der Waals surface area contributed by atoms with Gasteiger partial charge < -0.3 is 10.2 Å². The van der Waals surface area contributed by atoms with Gasteiger partial charge in [0, 0.05) is 26.1 Å². The summed E-state index contributed by atoms with van der Waals surface area (Å²) in [6, 6.07) is 0. The maximum Gasteiger partial charge on any atom is 0.222 e. The summed E-state index contributed by atoms with van der Waals surface area (Å²) in [5.74, 6) is 1.93. The first-order chi connectivity index (χ1) is 9.67. The van der Waals surface area contributed by atoms with E-state index in [0.717, 1.165) is 25.4 Å². The highest BCUT2D eigenvalue weighted by molar-refractivity contribution is 5.85. The van der Waals surface area contributed by atoms with Crippen LogP contribution in [-0.2, 0) is 4.79 Å². The average Bonchev–Trinajstić information content (AvgIpc) is 2.88. The molecule has 0 radical (unpaired) electrons. The van der Waals surface area contributed by atoms with Crippen molar-refractivity contribution in [1.29, 1.82) is 0 Å². The van der Waals surface area contributed by atoms with Crippen LogP contribution in [0.4, 0.5) is 0 Å². The highest BCUT2D eigenvalue weighted by atomic mass is 35.5. The number of carbonyl (C=O) groups is 1. The predicted molar refractivity (Wildman–Crippen MR) is 88.7 cm³/mol. The second kappa shape index (κ2) is 7.32. The lowest BCUT2D eigenvalue weighted by atomic mass is 9.77. The first-order valence-corrected chi connectivity index (χ1v) is 8.65. The second-order valence-electron chi connectivity index (χ2n) is 7.65. The quantitative estimate of drug-likeness (QED) is 0.848. The van der Waals surface area contributed by atoms with E-state index in [4.69, 9.17) is 0 Å². The standard InChI is InChI=1S/C17H30N2O.ClH/c1-14-3-2-4-15(11-14)12-16(20)19-9-6-17(7-10-19)5-8-18-13-17;/h14-15,18H,2-13H2,1H3;1H. The molecule has 3 rings (SSSR count). The van der Waals surface area contributed by atoms with E-state index in [-0.39, 0.29) is 12.4 Å². The van der Waals surface area contributed by atoms with Crippen LogP contribution in [0.1, 0.15) is 58.3 Å². The third-order valence-corrected chi connectivity index (χ3v) is 6.02. The molecule has 1 aliphatic carbocycles. The minimum atomic E-state index is 0. The van der Waals surface area contributed by atoms with Crippen LogP contribution < -0.4 is 5.32 Å². The molecule has 1 N–H and O–H groups in total. The predicted octanol–water partition coefficient (Wildman–Crippen LogP) is 3.23. The Labute approximate surface area is 135 Å². The number of hydrogen-bond acceptors (Lipinski definition) is 2. The van der Waals surface area contributed by atoms with Crippen molar-refractivity contribution in [1.82, 2.24) is 10.2 Å². The molecule has 2 atom stereocenters. The highest BCUT2D eigenvalue weighted by Crippen LogP contribution is 2.37. The average molecular weight is 315 g/mol. The van der Waals surface area contributed by atoms with Gasteiger partial charge in [-0.05, 0) is 55.9 Å². The lowest BCUT2D eigenvalue weighted by Gasteiger charge is -2.39. The van der Waals surface area contributed by atoms with Gasteiger partial charge in [-0.2, -0.15) is 0 Å². The molecule has 4 heteroatoms. The van der Waals surface area contributed by atoms with E-state index >= 15 is 0 Å². The zero-order valence-electron chi connectivity index (χ0n) is 13.4. The van der Waals surface area contributed by atoms with Crippen LogP contribution >= 0.6 is 12.4 Å². The first-order valence-electron chi connectivity index (χ1n) is 8.65. The van der Waals surface area contributed by atoms with Crippen molar-refractivity contribution in [3.05, 3.63) is 0 Å². The van der Waals surface area contributed by atoms with Gasteiger partial charge in [0.2, 0.25) is 5.91 Å². The summed E-state index contributed by atoms with van der Waals surface area (Å²) in [6.45, 7) is 6.70. The molecule has 1 amide bonds. The van der Waals surface area contributed by atoms with Crippen LogP contribution in [0.15, 0.2) is 0 Å². The molecular weight excluding hydrogens is 284 g/mol. The maximum atomic E-state index is 12.5. The Bertz CT molecular complexity index is 345. The van der Waals surface area contributed by atoms with Crippen molar-refractivity contribution in [2.24, 2.45) is 17.3 Å². The van der Waals surface area contributed by atoms with Crippen molar-refractivity contribution in [3.63, 3.8) is 0 Å². The van der Waals surface area contributed by atoms with E-state index in [9.17, 15) is 4.79 Å². The molecule has 2 saturated heterocycles. The van der Waals surface area contributed by atoms with Crippen LogP contribution in [0.3, 0.4) is 0 Å². The van der Waals surface area contributed by atoms with Crippen LogP contribution in [0.2, 0.25) is 0 Å². The minimum Gasteiger partial charge on any atom is -0.343 e. The van der Waals surface area contributed by atoms with Crippen molar-refractivity contribution in [2.75, 3.05) is 26.2 Å². The Morgan fingerprint density at radius 1 is 1.24 bits per heavy atom. The van der Waals surface area contributed by atoms with Crippen LogP contribution in [0.25, 0.3) is 0 Å². The van der Waals surface area contributed by atoms with Crippen LogP contribution in [-0.4, -0.2) is 37.0 Å². The van der Waals surface area contributed by atoms with Gasteiger partial charge in [0.25, 0.3) is 0 Å². The number of carbonyl (C=O) groups excluding carboxylic acids is 1. The van der Waals surface area contributed by atoms with E-state index in [2.05, 4.69) is 17.1 Å². The lowest BCUT2D eigenvalue weighted by Crippen LogP contribution is -2.44. The smallest absolute Gasteiger partial charge is 0.222 e. The zero-order valence-corrected chi connectivity index (χ0v) is 14.2. The molecule has 0 aromatic heterocycles.